The van der Waals surface area contributed by atoms with Gasteiger partial charge in [-0.2, -0.15) is 0 Å². The molecule has 0 radical (unpaired) electrons. The van der Waals surface area contributed by atoms with Gasteiger partial charge in [-0.05, 0) is 58.1 Å². The van der Waals surface area contributed by atoms with Gasteiger partial charge in [0, 0.05) is 0 Å². The third-order valence-electron chi connectivity index (χ3n) is 5.85. The van der Waals surface area contributed by atoms with Crippen LogP contribution in [0.4, 0.5) is 0 Å². The minimum absolute atomic E-state index is 0.108. The summed E-state index contributed by atoms with van der Waals surface area (Å²) in [5.41, 5.74) is 4.98. The molecule has 1 aliphatic carbocycles. The summed E-state index contributed by atoms with van der Waals surface area (Å²) in [7, 11) is 0. The van der Waals surface area contributed by atoms with E-state index < -0.39 is 12.1 Å². The van der Waals surface area contributed by atoms with Crippen LogP contribution in [0.3, 0.4) is 0 Å². The molecule has 2 aromatic rings. The maximum atomic E-state index is 10.9. The zero-order chi connectivity index (χ0) is 19.8. The van der Waals surface area contributed by atoms with Crippen LogP contribution in [0.5, 0.6) is 0 Å². The van der Waals surface area contributed by atoms with Gasteiger partial charge in [0.15, 0.2) is 0 Å². The standard InChI is InChI=1S/C24H28O3/c1-23(2)13-14-24(3,4)20-15-18(10-11-19(20)23)21(25)12-7-16-5-8-17(9-6-16)22(26)27/h5-12,15,21,25H,13-14H2,1-4H3,(H,26,27)/b12-7+. The molecule has 3 nitrogen and oxygen atoms in total. The fraction of sp³-hybridized carbons (Fsp3) is 0.375. The van der Waals surface area contributed by atoms with Crippen LogP contribution in [-0.4, -0.2) is 16.2 Å². The van der Waals surface area contributed by atoms with Crippen molar-refractivity contribution in [2.45, 2.75) is 57.5 Å². The zero-order valence-corrected chi connectivity index (χ0v) is 16.5. The minimum Gasteiger partial charge on any atom is -0.478 e. The molecule has 3 rings (SSSR count). The van der Waals surface area contributed by atoms with Crippen molar-refractivity contribution in [1.29, 1.82) is 0 Å². The summed E-state index contributed by atoms with van der Waals surface area (Å²) in [6.07, 6.45) is 5.18. The molecular formula is C24H28O3. The molecule has 1 unspecified atom stereocenters. The van der Waals surface area contributed by atoms with Crippen molar-refractivity contribution in [3.63, 3.8) is 0 Å². The molecule has 0 saturated heterocycles. The van der Waals surface area contributed by atoms with Crippen LogP contribution < -0.4 is 0 Å². The second kappa shape index (κ2) is 6.97. The normalized spacial score (nSPS) is 18.9. The van der Waals surface area contributed by atoms with E-state index in [-0.39, 0.29) is 16.4 Å². The first-order valence-corrected chi connectivity index (χ1v) is 9.45. The fourth-order valence-electron chi connectivity index (χ4n) is 3.84. The Balaban J connectivity index is 1.85. The number of carboxylic acid groups (broad SMARTS) is 1. The molecule has 0 fully saturated rings. The highest BCUT2D eigenvalue weighted by molar-refractivity contribution is 5.87. The lowest BCUT2D eigenvalue weighted by atomic mass is 9.63. The van der Waals surface area contributed by atoms with E-state index in [0.717, 1.165) is 17.5 Å². The summed E-state index contributed by atoms with van der Waals surface area (Å²) >= 11 is 0. The number of aliphatic hydroxyl groups is 1. The molecule has 0 amide bonds. The summed E-state index contributed by atoms with van der Waals surface area (Å²) in [6, 6.07) is 13.0. The number of carboxylic acids is 1. The Morgan fingerprint density at radius 1 is 0.963 bits per heavy atom. The van der Waals surface area contributed by atoms with Crippen LogP contribution in [0, 0.1) is 0 Å². The zero-order valence-electron chi connectivity index (χ0n) is 16.5. The number of hydrogen-bond donors (Lipinski definition) is 2. The van der Waals surface area contributed by atoms with Gasteiger partial charge in [0.25, 0.3) is 0 Å². The van der Waals surface area contributed by atoms with Crippen molar-refractivity contribution in [3.8, 4) is 0 Å². The van der Waals surface area contributed by atoms with Crippen molar-refractivity contribution in [1.82, 2.24) is 0 Å². The molecule has 0 aromatic heterocycles. The molecule has 0 bridgehead atoms. The first-order valence-electron chi connectivity index (χ1n) is 9.45. The van der Waals surface area contributed by atoms with E-state index in [0.29, 0.717) is 0 Å². The number of aliphatic hydroxyl groups excluding tert-OH is 1. The van der Waals surface area contributed by atoms with Crippen molar-refractivity contribution < 1.29 is 15.0 Å². The van der Waals surface area contributed by atoms with Crippen LogP contribution in [0.15, 0.2) is 48.5 Å². The Bertz CT molecular complexity index is 873. The van der Waals surface area contributed by atoms with Gasteiger partial charge in [0.1, 0.15) is 0 Å². The smallest absolute Gasteiger partial charge is 0.335 e. The molecule has 2 aromatic carbocycles. The third-order valence-corrected chi connectivity index (χ3v) is 5.85. The number of fused-ring (bicyclic) bond motifs is 1. The first-order chi connectivity index (χ1) is 12.6. The second-order valence-electron chi connectivity index (χ2n) is 8.80. The van der Waals surface area contributed by atoms with Crippen LogP contribution in [0.25, 0.3) is 6.08 Å². The summed E-state index contributed by atoms with van der Waals surface area (Å²) in [4.78, 5) is 10.9. The highest BCUT2D eigenvalue weighted by Crippen LogP contribution is 2.46. The average molecular weight is 364 g/mol. The van der Waals surface area contributed by atoms with Crippen LogP contribution in [-0.2, 0) is 10.8 Å². The Kier molecular flexibility index (Phi) is 5.00. The van der Waals surface area contributed by atoms with E-state index in [1.54, 1.807) is 30.3 Å². The van der Waals surface area contributed by atoms with Crippen LogP contribution in [0.2, 0.25) is 0 Å². The molecular weight excluding hydrogens is 336 g/mol. The number of carbonyl (C=O) groups is 1. The lowest BCUT2D eigenvalue weighted by molar-refractivity contribution is 0.0697. The summed E-state index contributed by atoms with van der Waals surface area (Å²) in [5.74, 6) is -0.940. The third kappa shape index (κ3) is 3.98. The topological polar surface area (TPSA) is 57.5 Å². The molecule has 27 heavy (non-hydrogen) atoms. The molecule has 1 atom stereocenters. The highest BCUT2D eigenvalue weighted by atomic mass is 16.4. The van der Waals surface area contributed by atoms with Gasteiger partial charge < -0.3 is 10.2 Å². The first kappa shape index (κ1) is 19.4. The van der Waals surface area contributed by atoms with Gasteiger partial charge in [-0.1, -0.05) is 70.2 Å². The lowest BCUT2D eigenvalue weighted by Gasteiger charge is -2.42. The SMILES string of the molecule is CC1(C)CCC(C)(C)c2cc(C(O)/C=C/c3ccc(C(=O)O)cc3)ccc21. The summed E-state index contributed by atoms with van der Waals surface area (Å²) < 4.78 is 0. The molecule has 0 spiro atoms. The van der Waals surface area contributed by atoms with E-state index in [4.69, 9.17) is 5.11 Å². The van der Waals surface area contributed by atoms with Crippen LogP contribution in [0.1, 0.15) is 79.3 Å². The lowest BCUT2D eigenvalue weighted by Crippen LogP contribution is -2.33. The molecule has 2 N–H and O–H groups in total. The average Bonchev–Trinajstić information content (AvgIpc) is 2.63. The van der Waals surface area contributed by atoms with Gasteiger partial charge in [0.05, 0.1) is 11.7 Å². The largest absolute Gasteiger partial charge is 0.478 e. The Morgan fingerprint density at radius 3 is 2.15 bits per heavy atom. The molecule has 142 valence electrons. The predicted molar refractivity (Wildman–Crippen MR) is 109 cm³/mol. The van der Waals surface area contributed by atoms with Gasteiger partial charge >= 0.3 is 5.97 Å². The maximum Gasteiger partial charge on any atom is 0.335 e. The van der Waals surface area contributed by atoms with Gasteiger partial charge in [-0.15, -0.1) is 0 Å². The minimum atomic E-state index is -0.940. The molecule has 3 heteroatoms. The predicted octanol–water partition coefficient (Wildman–Crippen LogP) is 5.48. The van der Waals surface area contributed by atoms with Crippen molar-refractivity contribution in [3.05, 3.63) is 76.4 Å². The van der Waals surface area contributed by atoms with Crippen molar-refractivity contribution in [2.75, 3.05) is 0 Å². The van der Waals surface area contributed by atoms with Gasteiger partial charge in [0.2, 0.25) is 0 Å². The monoisotopic (exact) mass is 364 g/mol. The van der Waals surface area contributed by atoms with E-state index >= 15 is 0 Å². The quantitative estimate of drug-likeness (QED) is 0.755. The Hall–Kier alpha value is -2.39. The number of hydrogen-bond acceptors (Lipinski definition) is 2. The molecule has 0 saturated carbocycles. The maximum absolute atomic E-state index is 10.9. The number of aromatic carboxylic acids is 1. The van der Waals surface area contributed by atoms with E-state index in [2.05, 4.69) is 39.8 Å². The molecule has 0 heterocycles. The summed E-state index contributed by atoms with van der Waals surface area (Å²) in [6.45, 7) is 9.13. The van der Waals surface area contributed by atoms with Gasteiger partial charge in [-0.25, -0.2) is 4.79 Å². The van der Waals surface area contributed by atoms with E-state index in [1.165, 1.54) is 17.5 Å². The number of benzene rings is 2. The number of rotatable bonds is 4. The van der Waals surface area contributed by atoms with E-state index in [1.807, 2.05) is 12.1 Å². The Morgan fingerprint density at radius 2 is 1.56 bits per heavy atom. The Labute approximate surface area is 161 Å². The summed E-state index contributed by atoms with van der Waals surface area (Å²) in [5, 5.41) is 19.6. The second-order valence-corrected chi connectivity index (χ2v) is 8.80. The van der Waals surface area contributed by atoms with Crippen molar-refractivity contribution in [2.24, 2.45) is 0 Å². The van der Waals surface area contributed by atoms with E-state index in [9.17, 15) is 9.90 Å². The molecule has 0 aliphatic heterocycles. The van der Waals surface area contributed by atoms with Gasteiger partial charge in [-0.3, -0.25) is 0 Å². The fourth-order valence-corrected chi connectivity index (χ4v) is 3.84. The highest BCUT2D eigenvalue weighted by Gasteiger charge is 2.37. The van der Waals surface area contributed by atoms with Crippen LogP contribution >= 0.6 is 0 Å². The molecule has 1 aliphatic rings. The van der Waals surface area contributed by atoms with Crippen molar-refractivity contribution >= 4 is 12.0 Å².